The summed E-state index contributed by atoms with van der Waals surface area (Å²) in [5.74, 6) is 1.01. The van der Waals surface area contributed by atoms with E-state index in [-0.39, 0.29) is 5.82 Å². The molecule has 0 fully saturated rings. The molecule has 1 aliphatic heterocycles. The summed E-state index contributed by atoms with van der Waals surface area (Å²) in [7, 11) is 1.92. The Morgan fingerprint density at radius 1 is 1.24 bits per heavy atom. The van der Waals surface area contributed by atoms with Gasteiger partial charge in [-0.3, -0.25) is 0 Å². The molecule has 21 heavy (non-hydrogen) atoms. The second-order valence-corrected chi connectivity index (χ2v) is 5.33. The first-order chi connectivity index (χ1) is 10.2. The van der Waals surface area contributed by atoms with Crippen molar-refractivity contribution >= 4 is 11.4 Å². The number of rotatable bonds is 3. The molecule has 2 aromatic rings. The highest BCUT2D eigenvalue weighted by Gasteiger charge is 2.21. The van der Waals surface area contributed by atoms with Crippen LogP contribution in [0.3, 0.4) is 0 Å². The van der Waals surface area contributed by atoms with Crippen molar-refractivity contribution in [1.82, 2.24) is 0 Å². The van der Waals surface area contributed by atoms with Gasteiger partial charge in [-0.05, 0) is 42.8 Å². The number of nitrogens with two attached hydrogens (primary N) is 1. The smallest absolute Gasteiger partial charge is 0.125 e. The number of ether oxygens (including phenoxy) is 1. The topological polar surface area (TPSA) is 38.5 Å². The van der Waals surface area contributed by atoms with Crippen LogP contribution >= 0.6 is 0 Å². The summed E-state index contributed by atoms with van der Waals surface area (Å²) in [4.78, 5) is 1.94. The van der Waals surface area contributed by atoms with Crippen LogP contribution in [0.5, 0.6) is 5.75 Å². The Bertz CT molecular complexity index is 644. The fourth-order valence-electron chi connectivity index (χ4n) is 2.74. The maximum Gasteiger partial charge on any atom is 0.125 e. The van der Waals surface area contributed by atoms with E-state index in [2.05, 4.69) is 6.07 Å². The van der Waals surface area contributed by atoms with Crippen molar-refractivity contribution in [2.45, 2.75) is 12.3 Å². The minimum absolute atomic E-state index is 0.239. The Morgan fingerprint density at radius 2 is 2.05 bits per heavy atom. The van der Waals surface area contributed by atoms with Crippen molar-refractivity contribution in [2.75, 3.05) is 25.1 Å². The van der Waals surface area contributed by atoms with E-state index in [0.29, 0.717) is 19.1 Å². The lowest BCUT2D eigenvalue weighted by atomic mass is 9.93. The number of benzene rings is 2. The molecule has 0 radical (unpaired) electrons. The second-order valence-electron chi connectivity index (χ2n) is 5.33. The zero-order chi connectivity index (χ0) is 14.8. The Morgan fingerprint density at radius 3 is 2.81 bits per heavy atom. The molecule has 0 unspecified atom stereocenters. The van der Waals surface area contributed by atoms with Gasteiger partial charge in [0.05, 0.1) is 6.61 Å². The molecule has 0 saturated heterocycles. The molecule has 2 N–H and O–H groups in total. The van der Waals surface area contributed by atoms with E-state index in [1.807, 2.05) is 30.1 Å². The minimum Gasteiger partial charge on any atom is -0.493 e. The first-order valence-electron chi connectivity index (χ1n) is 7.15. The fraction of sp³-hybridized carbons (Fsp3) is 0.294. The first-order valence-corrected chi connectivity index (χ1v) is 7.15. The summed E-state index contributed by atoms with van der Waals surface area (Å²) >= 11 is 0. The molecular formula is C17H19FN2O. The number of hydrogen-bond acceptors (Lipinski definition) is 3. The molecular weight excluding hydrogens is 267 g/mol. The van der Waals surface area contributed by atoms with Crippen molar-refractivity contribution in [3.8, 4) is 5.75 Å². The largest absolute Gasteiger partial charge is 0.493 e. The third-order valence-corrected chi connectivity index (χ3v) is 4.03. The molecule has 0 aliphatic carbocycles. The third-order valence-electron chi connectivity index (χ3n) is 4.03. The highest BCUT2D eigenvalue weighted by atomic mass is 19.1. The highest BCUT2D eigenvalue weighted by molar-refractivity contribution is 5.65. The average Bonchev–Trinajstić information content (AvgIpc) is 2.53. The number of hydrogen-bond donors (Lipinski definition) is 1. The standard InChI is InChI=1S/C17H19FN2O/c1-20(14-4-2-3-13(18)9-14)15-5-6-16-12(11-19)7-8-21-17(16)10-15/h2-6,9-10,12H,7-8,11,19H2,1H3/t12-/m0/s1. The van der Waals surface area contributed by atoms with Crippen LogP contribution in [0.15, 0.2) is 42.5 Å². The van der Waals surface area contributed by atoms with Gasteiger partial charge in [-0.25, -0.2) is 4.39 Å². The van der Waals surface area contributed by atoms with Crippen LogP contribution in [-0.4, -0.2) is 20.2 Å². The lowest BCUT2D eigenvalue weighted by Crippen LogP contribution is -2.21. The van der Waals surface area contributed by atoms with Gasteiger partial charge in [0.1, 0.15) is 11.6 Å². The van der Waals surface area contributed by atoms with Gasteiger partial charge in [0.25, 0.3) is 0 Å². The van der Waals surface area contributed by atoms with E-state index in [1.165, 1.54) is 17.7 Å². The van der Waals surface area contributed by atoms with E-state index in [4.69, 9.17) is 10.5 Å². The number of anilines is 2. The molecule has 2 aromatic carbocycles. The average molecular weight is 286 g/mol. The van der Waals surface area contributed by atoms with Gasteiger partial charge in [0, 0.05) is 30.4 Å². The normalized spacial score (nSPS) is 17.0. The monoisotopic (exact) mass is 286 g/mol. The molecule has 110 valence electrons. The van der Waals surface area contributed by atoms with Crippen molar-refractivity contribution < 1.29 is 9.13 Å². The number of halogens is 1. The highest BCUT2D eigenvalue weighted by Crippen LogP contribution is 2.37. The molecule has 1 heterocycles. The van der Waals surface area contributed by atoms with Crippen LogP contribution < -0.4 is 15.4 Å². The first kappa shape index (κ1) is 13.9. The van der Waals surface area contributed by atoms with Crippen molar-refractivity contribution in [1.29, 1.82) is 0 Å². The van der Waals surface area contributed by atoms with Gasteiger partial charge < -0.3 is 15.4 Å². The summed E-state index contributed by atoms with van der Waals surface area (Å²) in [6.07, 6.45) is 0.961. The minimum atomic E-state index is -0.239. The van der Waals surface area contributed by atoms with E-state index in [9.17, 15) is 4.39 Å². The molecule has 0 spiro atoms. The lowest BCUT2D eigenvalue weighted by molar-refractivity contribution is 0.269. The zero-order valence-electron chi connectivity index (χ0n) is 12.1. The second kappa shape index (κ2) is 5.74. The lowest BCUT2D eigenvalue weighted by Gasteiger charge is -2.27. The third kappa shape index (κ3) is 2.72. The maximum atomic E-state index is 13.3. The van der Waals surface area contributed by atoms with Crippen molar-refractivity contribution in [3.63, 3.8) is 0 Å². The summed E-state index contributed by atoms with van der Waals surface area (Å²) < 4.78 is 19.1. The van der Waals surface area contributed by atoms with Gasteiger partial charge in [-0.2, -0.15) is 0 Å². The zero-order valence-corrected chi connectivity index (χ0v) is 12.1. The Hall–Kier alpha value is -2.07. The van der Waals surface area contributed by atoms with Gasteiger partial charge >= 0.3 is 0 Å². The SMILES string of the molecule is CN(c1cccc(F)c1)c1ccc2c(c1)OCC[C@H]2CN. The Kier molecular flexibility index (Phi) is 3.80. The molecule has 1 aliphatic rings. The molecule has 0 saturated carbocycles. The van der Waals surface area contributed by atoms with Gasteiger partial charge in [-0.1, -0.05) is 12.1 Å². The van der Waals surface area contributed by atoms with Crippen LogP contribution in [-0.2, 0) is 0 Å². The van der Waals surface area contributed by atoms with Gasteiger partial charge in [0.2, 0.25) is 0 Å². The van der Waals surface area contributed by atoms with E-state index < -0.39 is 0 Å². The molecule has 1 atom stereocenters. The predicted octanol–water partition coefficient (Wildman–Crippen LogP) is 3.42. The summed E-state index contributed by atoms with van der Waals surface area (Å²) in [5.41, 5.74) is 8.76. The molecule has 4 heteroatoms. The quantitative estimate of drug-likeness (QED) is 0.939. The Balaban J connectivity index is 1.93. The summed E-state index contributed by atoms with van der Waals surface area (Å²) in [6, 6.07) is 12.6. The molecule has 3 nitrogen and oxygen atoms in total. The fourth-order valence-corrected chi connectivity index (χ4v) is 2.74. The molecule has 0 aromatic heterocycles. The van der Waals surface area contributed by atoms with Crippen molar-refractivity contribution in [2.24, 2.45) is 5.73 Å². The van der Waals surface area contributed by atoms with E-state index in [0.717, 1.165) is 23.5 Å². The van der Waals surface area contributed by atoms with Gasteiger partial charge in [-0.15, -0.1) is 0 Å². The summed E-state index contributed by atoms with van der Waals surface area (Å²) in [6.45, 7) is 1.33. The molecule has 0 bridgehead atoms. The van der Waals surface area contributed by atoms with Gasteiger partial charge in [0.15, 0.2) is 0 Å². The van der Waals surface area contributed by atoms with Crippen LogP contribution in [0, 0.1) is 5.82 Å². The molecule has 3 rings (SSSR count). The van der Waals surface area contributed by atoms with Crippen LogP contribution in [0.4, 0.5) is 15.8 Å². The van der Waals surface area contributed by atoms with Crippen LogP contribution in [0.25, 0.3) is 0 Å². The Labute approximate surface area is 124 Å². The van der Waals surface area contributed by atoms with Crippen molar-refractivity contribution in [3.05, 3.63) is 53.8 Å². The molecule has 0 amide bonds. The summed E-state index contributed by atoms with van der Waals surface area (Å²) in [5, 5.41) is 0. The maximum absolute atomic E-state index is 13.3. The van der Waals surface area contributed by atoms with E-state index in [1.54, 1.807) is 6.07 Å². The number of nitrogens with zero attached hydrogens (tertiary/aromatic N) is 1. The van der Waals surface area contributed by atoms with E-state index >= 15 is 0 Å². The van der Waals surface area contributed by atoms with Crippen LogP contribution in [0.1, 0.15) is 17.9 Å². The predicted molar refractivity (Wildman–Crippen MR) is 82.8 cm³/mol. The number of fused-ring (bicyclic) bond motifs is 1. The van der Waals surface area contributed by atoms with Crippen LogP contribution in [0.2, 0.25) is 0 Å².